The third kappa shape index (κ3) is 2.61. The fourth-order valence-corrected chi connectivity index (χ4v) is 2.39. The van der Waals surface area contributed by atoms with Crippen LogP contribution in [0.15, 0.2) is 52.3 Å². The first-order chi connectivity index (χ1) is 8.63. The average molecular weight is 353 g/mol. The van der Waals surface area contributed by atoms with E-state index in [4.69, 9.17) is 4.74 Å². The van der Waals surface area contributed by atoms with Crippen LogP contribution in [-0.2, 0) is 0 Å². The predicted molar refractivity (Wildman–Crippen MR) is 84.6 cm³/mol. The topological polar surface area (TPSA) is 12.5 Å². The van der Waals surface area contributed by atoms with Gasteiger partial charge in [0, 0.05) is 22.0 Å². The zero-order valence-electron chi connectivity index (χ0n) is 10.6. The first kappa shape index (κ1) is 13.2. The van der Waals surface area contributed by atoms with Gasteiger partial charge in [-0.05, 0) is 71.5 Å². The molecule has 0 aromatic heterocycles. The Morgan fingerprint density at radius 1 is 1.22 bits per heavy atom. The summed E-state index contributed by atoms with van der Waals surface area (Å²) >= 11 is 2.30. The zero-order valence-corrected chi connectivity index (χ0v) is 12.8. The maximum Gasteiger partial charge on any atom is 0.119 e. The van der Waals surface area contributed by atoms with Crippen molar-refractivity contribution in [1.82, 2.24) is 4.90 Å². The second-order valence-corrected chi connectivity index (χ2v) is 5.19. The highest BCUT2D eigenvalue weighted by Crippen LogP contribution is 2.32. The third-order valence-corrected chi connectivity index (χ3v) is 3.87. The van der Waals surface area contributed by atoms with Crippen LogP contribution in [0, 0.1) is 0 Å². The van der Waals surface area contributed by atoms with E-state index < -0.39 is 0 Å². The summed E-state index contributed by atoms with van der Waals surface area (Å²) in [6.45, 7) is 6.77. The van der Waals surface area contributed by atoms with Crippen molar-refractivity contribution >= 4 is 28.3 Å². The van der Waals surface area contributed by atoms with E-state index in [1.165, 1.54) is 9.14 Å². The predicted octanol–water partition coefficient (Wildman–Crippen LogP) is 4.20. The van der Waals surface area contributed by atoms with Gasteiger partial charge in [-0.25, -0.2) is 0 Å². The maximum atomic E-state index is 5.45. The largest absolute Gasteiger partial charge is 0.494 e. The van der Waals surface area contributed by atoms with Crippen molar-refractivity contribution in [1.29, 1.82) is 0 Å². The molecule has 1 aromatic rings. The molecule has 2 rings (SSSR count). The molecule has 0 fully saturated rings. The number of nitrogens with zero attached hydrogens (tertiary/aromatic N) is 1. The molecule has 0 aliphatic carbocycles. The van der Waals surface area contributed by atoms with Crippen molar-refractivity contribution in [2.24, 2.45) is 0 Å². The van der Waals surface area contributed by atoms with Gasteiger partial charge in [-0.15, -0.1) is 0 Å². The SMILES string of the molecule is C=C1C(I)=CC=C(c2ccc(OCC)cc2)N1C. The standard InChI is InChI=1S/C15H16INO/c1-4-18-13-7-5-12(6-8-13)15-10-9-14(16)11(2)17(15)3/h5-10H,2,4H2,1,3H3. The molecule has 1 aromatic carbocycles. The van der Waals surface area contributed by atoms with E-state index in [9.17, 15) is 0 Å². The molecule has 0 saturated heterocycles. The van der Waals surface area contributed by atoms with E-state index in [1.54, 1.807) is 0 Å². The summed E-state index contributed by atoms with van der Waals surface area (Å²) in [5.74, 6) is 0.907. The zero-order chi connectivity index (χ0) is 13.1. The monoisotopic (exact) mass is 353 g/mol. The summed E-state index contributed by atoms with van der Waals surface area (Å²) in [6, 6.07) is 8.15. The van der Waals surface area contributed by atoms with Crippen molar-refractivity contribution in [2.75, 3.05) is 13.7 Å². The Morgan fingerprint density at radius 2 is 1.89 bits per heavy atom. The van der Waals surface area contributed by atoms with Crippen LogP contribution in [0.3, 0.4) is 0 Å². The van der Waals surface area contributed by atoms with Gasteiger partial charge < -0.3 is 9.64 Å². The van der Waals surface area contributed by atoms with Gasteiger partial charge in [-0.2, -0.15) is 0 Å². The van der Waals surface area contributed by atoms with Crippen LogP contribution in [0.5, 0.6) is 5.75 Å². The van der Waals surface area contributed by atoms with E-state index in [1.807, 2.05) is 26.1 Å². The smallest absolute Gasteiger partial charge is 0.119 e. The summed E-state index contributed by atoms with van der Waals surface area (Å²) in [5.41, 5.74) is 3.35. The first-order valence-corrected chi connectivity index (χ1v) is 6.95. The molecule has 1 heterocycles. The number of hydrogen-bond donors (Lipinski definition) is 0. The van der Waals surface area contributed by atoms with E-state index >= 15 is 0 Å². The molecule has 1 aliphatic heterocycles. The number of rotatable bonds is 3. The van der Waals surface area contributed by atoms with Crippen LogP contribution in [0.2, 0.25) is 0 Å². The first-order valence-electron chi connectivity index (χ1n) is 5.87. The molecule has 0 spiro atoms. The second kappa shape index (κ2) is 5.61. The number of hydrogen-bond acceptors (Lipinski definition) is 2. The highest BCUT2D eigenvalue weighted by Gasteiger charge is 2.15. The number of likely N-dealkylation sites (N-methyl/N-ethyl adjacent to an activating group) is 1. The van der Waals surface area contributed by atoms with E-state index in [-0.39, 0.29) is 0 Å². The van der Waals surface area contributed by atoms with Crippen LogP contribution in [0.25, 0.3) is 5.70 Å². The lowest BCUT2D eigenvalue weighted by molar-refractivity contribution is 0.340. The molecule has 0 bridgehead atoms. The summed E-state index contributed by atoms with van der Waals surface area (Å²) in [5, 5.41) is 0. The van der Waals surface area contributed by atoms with Crippen molar-refractivity contribution in [2.45, 2.75) is 6.92 Å². The number of ether oxygens (including phenoxy) is 1. The molecule has 0 N–H and O–H groups in total. The number of allylic oxidation sites excluding steroid dienone is 3. The number of benzene rings is 1. The molecule has 0 unspecified atom stereocenters. The molecule has 18 heavy (non-hydrogen) atoms. The molecule has 3 heteroatoms. The van der Waals surface area contributed by atoms with Crippen LogP contribution >= 0.6 is 22.6 Å². The fraction of sp³-hybridized carbons (Fsp3) is 0.200. The molecular weight excluding hydrogens is 337 g/mol. The lowest BCUT2D eigenvalue weighted by Crippen LogP contribution is -2.17. The Bertz CT molecular complexity index is 514. The lowest BCUT2D eigenvalue weighted by Gasteiger charge is -2.27. The van der Waals surface area contributed by atoms with Gasteiger partial charge in [0.05, 0.1) is 6.61 Å². The maximum absolute atomic E-state index is 5.45. The second-order valence-electron chi connectivity index (χ2n) is 4.03. The van der Waals surface area contributed by atoms with Crippen LogP contribution < -0.4 is 4.74 Å². The van der Waals surface area contributed by atoms with E-state index in [2.05, 4.69) is 58.4 Å². The van der Waals surface area contributed by atoms with Crippen molar-refractivity contribution in [3.63, 3.8) is 0 Å². The average Bonchev–Trinajstić information content (AvgIpc) is 2.38. The van der Waals surface area contributed by atoms with Gasteiger partial charge in [0.2, 0.25) is 0 Å². The van der Waals surface area contributed by atoms with Gasteiger partial charge in [0.1, 0.15) is 5.75 Å². The Kier molecular flexibility index (Phi) is 4.11. The summed E-state index contributed by atoms with van der Waals surface area (Å²) in [4.78, 5) is 2.11. The van der Waals surface area contributed by atoms with Crippen molar-refractivity contribution < 1.29 is 4.74 Å². The summed E-state index contributed by atoms with van der Waals surface area (Å²) in [7, 11) is 2.04. The summed E-state index contributed by atoms with van der Waals surface area (Å²) in [6.07, 6.45) is 4.21. The highest BCUT2D eigenvalue weighted by atomic mass is 127. The molecule has 0 atom stereocenters. The normalized spacial score (nSPS) is 15.3. The summed E-state index contributed by atoms with van der Waals surface area (Å²) < 4.78 is 6.62. The van der Waals surface area contributed by atoms with E-state index in [0.717, 1.165) is 17.1 Å². The van der Waals surface area contributed by atoms with Crippen molar-refractivity contribution in [3.05, 3.63) is 57.8 Å². The molecule has 0 radical (unpaired) electrons. The molecule has 0 amide bonds. The Balaban J connectivity index is 2.29. The van der Waals surface area contributed by atoms with Gasteiger partial charge >= 0.3 is 0 Å². The molecule has 0 saturated carbocycles. The van der Waals surface area contributed by atoms with E-state index in [0.29, 0.717) is 6.61 Å². The van der Waals surface area contributed by atoms with Gasteiger partial charge in [0.25, 0.3) is 0 Å². The van der Waals surface area contributed by atoms with Crippen molar-refractivity contribution in [3.8, 4) is 5.75 Å². The van der Waals surface area contributed by atoms with Crippen LogP contribution in [-0.4, -0.2) is 18.6 Å². The molecular formula is C15H16INO. The molecule has 2 nitrogen and oxygen atoms in total. The molecule has 94 valence electrons. The minimum atomic E-state index is 0.694. The fourth-order valence-electron chi connectivity index (χ4n) is 1.84. The van der Waals surface area contributed by atoms with Gasteiger partial charge in [-0.3, -0.25) is 0 Å². The Labute approximate surface area is 122 Å². The Morgan fingerprint density at radius 3 is 2.50 bits per heavy atom. The highest BCUT2D eigenvalue weighted by molar-refractivity contribution is 14.1. The Hall–Kier alpha value is -1.23. The molecule has 1 aliphatic rings. The minimum Gasteiger partial charge on any atom is -0.494 e. The van der Waals surface area contributed by atoms with Crippen LogP contribution in [0.4, 0.5) is 0 Å². The number of halogens is 1. The van der Waals surface area contributed by atoms with Crippen LogP contribution in [0.1, 0.15) is 12.5 Å². The quantitative estimate of drug-likeness (QED) is 0.755. The lowest BCUT2D eigenvalue weighted by atomic mass is 10.1. The third-order valence-electron chi connectivity index (χ3n) is 2.89. The van der Waals surface area contributed by atoms with Gasteiger partial charge in [0.15, 0.2) is 0 Å². The van der Waals surface area contributed by atoms with Gasteiger partial charge in [-0.1, -0.05) is 6.58 Å². The minimum absolute atomic E-state index is 0.694.